The minimum atomic E-state index is 0. The van der Waals surface area contributed by atoms with E-state index in [1.807, 2.05) is 30.5 Å². The van der Waals surface area contributed by atoms with Crippen LogP contribution < -0.4 is 0 Å². The van der Waals surface area contributed by atoms with Crippen LogP contribution in [0.15, 0.2) is 42.6 Å². The second-order valence-electron chi connectivity index (χ2n) is 4.53. The molecule has 0 aliphatic heterocycles. The van der Waals surface area contributed by atoms with E-state index in [2.05, 4.69) is 37.0 Å². The van der Waals surface area contributed by atoms with Crippen LogP contribution in [0, 0.1) is 6.07 Å². The van der Waals surface area contributed by atoms with Crippen molar-refractivity contribution in [2.75, 3.05) is 0 Å². The van der Waals surface area contributed by atoms with Crippen LogP contribution in [0.4, 0.5) is 0 Å². The van der Waals surface area contributed by atoms with Gasteiger partial charge in [0.05, 0.1) is 0 Å². The molecule has 1 nitrogen and oxygen atoms in total. The van der Waals surface area contributed by atoms with Gasteiger partial charge in [-0.15, -0.1) is 34.9 Å². The van der Waals surface area contributed by atoms with E-state index >= 15 is 0 Å². The van der Waals surface area contributed by atoms with Gasteiger partial charge in [0.2, 0.25) is 0 Å². The van der Waals surface area contributed by atoms with Crippen molar-refractivity contribution in [3.05, 3.63) is 59.8 Å². The van der Waals surface area contributed by atoms with E-state index in [9.17, 15) is 0 Å². The molecule has 93 valence electrons. The molecule has 3 rings (SSSR count). The topological polar surface area (TPSA) is 12.9 Å². The first-order chi connectivity index (χ1) is 8.27. The number of hydrogen-bond acceptors (Lipinski definition) is 1. The van der Waals surface area contributed by atoms with Crippen molar-refractivity contribution < 1.29 is 20.1 Å². The van der Waals surface area contributed by atoms with Gasteiger partial charge in [0.15, 0.2) is 0 Å². The summed E-state index contributed by atoms with van der Waals surface area (Å²) in [5.74, 6) is 0.458. The average Bonchev–Trinajstić information content (AvgIpc) is 2.66. The van der Waals surface area contributed by atoms with Crippen molar-refractivity contribution in [1.82, 2.24) is 4.98 Å². The Bertz CT molecular complexity index is 587. The number of fused-ring (bicyclic) bond motifs is 1. The molecular formula is C16H14IrN-. The van der Waals surface area contributed by atoms with Gasteiger partial charge >= 0.3 is 0 Å². The fraction of sp³-hybridized carbons (Fsp3) is 0.188. The second-order valence-corrected chi connectivity index (χ2v) is 4.53. The molecule has 1 aromatic carbocycles. The number of hydrogen-bond donors (Lipinski definition) is 0. The van der Waals surface area contributed by atoms with Crippen molar-refractivity contribution in [3.8, 4) is 11.3 Å². The summed E-state index contributed by atoms with van der Waals surface area (Å²) in [6.45, 7) is 4.40. The van der Waals surface area contributed by atoms with E-state index in [4.69, 9.17) is 0 Å². The molecule has 0 N–H and O–H groups in total. The monoisotopic (exact) mass is 413 g/mol. The van der Waals surface area contributed by atoms with Gasteiger partial charge in [-0.2, -0.15) is 0 Å². The molecule has 1 unspecified atom stereocenters. The van der Waals surface area contributed by atoms with Crippen LogP contribution in [-0.4, -0.2) is 4.98 Å². The Morgan fingerprint density at radius 3 is 2.78 bits per heavy atom. The molecule has 0 bridgehead atoms. The average molecular weight is 413 g/mol. The van der Waals surface area contributed by atoms with Crippen molar-refractivity contribution in [1.29, 1.82) is 0 Å². The Labute approximate surface area is 121 Å². The third-order valence-electron chi connectivity index (χ3n) is 3.34. The van der Waals surface area contributed by atoms with E-state index < -0.39 is 0 Å². The molecule has 18 heavy (non-hydrogen) atoms. The molecular weight excluding hydrogens is 398 g/mol. The first-order valence-corrected chi connectivity index (χ1v) is 5.92. The molecule has 1 aliphatic rings. The van der Waals surface area contributed by atoms with Crippen molar-refractivity contribution in [2.45, 2.75) is 19.8 Å². The Hall–Kier alpha value is -1.24. The van der Waals surface area contributed by atoms with Gasteiger partial charge in [-0.1, -0.05) is 30.7 Å². The van der Waals surface area contributed by atoms with Crippen LogP contribution in [-0.2, 0) is 20.1 Å². The van der Waals surface area contributed by atoms with Gasteiger partial charge in [0, 0.05) is 26.3 Å². The summed E-state index contributed by atoms with van der Waals surface area (Å²) in [5, 5.41) is 0. The van der Waals surface area contributed by atoms with E-state index in [-0.39, 0.29) is 20.1 Å². The van der Waals surface area contributed by atoms with Crippen LogP contribution in [0.2, 0.25) is 0 Å². The maximum atomic E-state index is 4.43. The fourth-order valence-electron chi connectivity index (χ4n) is 2.60. The molecule has 0 amide bonds. The standard InChI is InChI=1S/C16H14N.Ir/c1-11-10-12(2)16-13(11)6-5-7-14(16)15-8-3-4-9-17-15;/h3-6,8-10,12H,1-2H3;/q-1;. The molecule has 2 aromatic rings. The summed E-state index contributed by atoms with van der Waals surface area (Å²) in [6.07, 6.45) is 4.15. The molecule has 1 heterocycles. The summed E-state index contributed by atoms with van der Waals surface area (Å²) in [6, 6.07) is 13.5. The maximum Gasteiger partial charge on any atom is 0.0160 e. The zero-order valence-corrected chi connectivity index (χ0v) is 12.8. The van der Waals surface area contributed by atoms with Crippen LogP contribution in [0.5, 0.6) is 0 Å². The maximum absolute atomic E-state index is 4.43. The first kappa shape index (κ1) is 13.2. The fourth-order valence-corrected chi connectivity index (χ4v) is 2.60. The quantitative estimate of drug-likeness (QED) is 0.644. The Morgan fingerprint density at radius 2 is 2.06 bits per heavy atom. The Balaban J connectivity index is 0.00000120. The smallest absolute Gasteiger partial charge is 0.0160 e. The minimum absolute atomic E-state index is 0. The predicted molar refractivity (Wildman–Crippen MR) is 70.6 cm³/mol. The number of pyridine rings is 1. The molecule has 0 spiro atoms. The van der Waals surface area contributed by atoms with Gasteiger partial charge in [-0.25, -0.2) is 0 Å². The number of allylic oxidation sites excluding steroid dienone is 2. The van der Waals surface area contributed by atoms with Gasteiger partial charge in [-0.3, -0.25) is 0 Å². The third kappa shape index (κ3) is 2.07. The van der Waals surface area contributed by atoms with Crippen molar-refractivity contribution >= 4 is 5.57 Å². The van der Waals surface area contributed by atoms with Crippen molar-refractivity contribution in [2.24, 2.45) is 0 Å². The van der Waals surface area contributed by atoms with E-state index in [0.717, 1.165) is 11.3 Å². The van der Waals surface area contributed by atoms with Crippen LogP contribution in [0.1, 0.15) is 30.9 Å². The molecule has 1 atom stereocenters. The normalized spacial score (nSPS) is 16.8. The number of nitrogens with zero attached hydrogens (tertiary/aromatic N) is 1. The second kappa shape index (κ2) is 5.17. The van der Waals surface area contributed by atoms with Gasteiger partial charge in [-0.05, 0) is 24.6 Å². The van der Waals surface area contributed by atoms with Crippen molar-refractivity contribution in [3.63, 3.8) is 0 Å². The van der Waals surface area contributed by atoms with Crippen LogP contribution >= 0.6 is 0 Å². The van der Waals surface area contributed by atoms with Gasteiger partial charge in [0.25, 0.3) is 0 Å². The molecule has 0 saturated heterocycles. The zero-order valence-electron chi connectivity index (χ0n) is 10.4. The molecule has 1 radical (unpaired) electrons. The van der Waals surface area contributed by atoms with Gasteiger partial charge in [0.1, 0.15) is 0 Å². The molecule has 2 heteroatoms. The number of rotatable bonds is 1. The van der Waals surface area contributed by atoms with E-state index in [1.54, 1.807) is 0 Å². The third-order valence-corrected chi connectivity index (χ3v) is 3.34. The molecule has 1 aromatic heterocycles. The summed E-state index contributed by atoms with van der Waals surface area (Å²) < 4.78 is 0. The zero-order chi connectivity index (χ0) is 11.8. The summed E-state index contributed by atoms with van der Waals surface area (Å²) in [5.41, 5.74) is 6.22. The van der Waals surface area contributed by atoms with E-state index in [1.165, 1.54) is 16.7 Å². The Morgan fingerprint density at radius 1 is 1.22 bits per heavy atom. The van der Waals surface area contributed by atoms with Crippen LogP contribution in [0.3, 0.4) is 0 Å². The molecule has 0 saturated carbocycles. The minimum Gasteiger partial charge on any atom is -0.305 e. The first-order valence-electron chi connectivity index (χ1n) is 5.92. The van der Waals surface area contributed by atoms with E-state index in [0.29, 0.717) is 5.92 Å². The largest absolute Gasteiger partial charge is 0.305 e. The molecule has 1 aliphatic carbocycles. The summed E-state index contributed by atoms with van der Waals surface area (Å²) in [4.78, 5) is 4.43. The predicted octanol–water partition coefficient (Wildman–Crippen LogP) is 4.07. The Kier molecular flexibility index (Phi) is 3.79. The number of benzene rings is 1. The summed E-state index contributed by atoms with van der Waals surface area (Å²) >= 11 is 0. The number of aromatic nitrogens is 1. The SMILES string of the molecule is CC1=CC(C)c2c(-c3ccccn3)[c-]ccc21.[Ir]. The molecule has 0 fully saturated rings. The van der Waals surface area contributed by atoms with Crippen LogP contribution in [0.25, 0.3) is 16.8 Å². The summed E-state index contributed by atoms with van der Waals surface area (Å²) in [7, 11) is 0. The van der Waals surface area contributed by atoms with Gasteiger partial charge < -0.3 is 4.98 Å².